The van der Waals surface area contributed by atoms with E-state index >= 15 is 0 Å². The van der Waals surface area contributed by atoms with Crippen LogP contribution in [-0.2, 0) is 7.05 Å². The number of carbonyl (C=O) groups excluding carboxylic acids is 1. The molecule has 0 atom stereocenters. The number of hydrogen-bond donors (Lipinski definition) is 2. The fraction of sp³-hybridized carbons (Fsp3) is 0.0526. The van der Waals surface area contributed by atoms with E-state index < -0.39 is 0 Å². The highest BCUT2D eigenvalue weighted by molar-refractivity contribution is 6.05. The van der Waals surface area contributed by atoms with Crippen molar-refractivity contribution in [3.05, 3.63) is 71.2 Å². The molecule has 0 aliphatic carbocycles. The number of aryl methyl sites for hydroxylation is 1. The Kier molecular flexibility index (Phi) is 3.69. The molecule has 29 heavy (non-hydrogen) atoms. The minimum absolute atomic E-state index is 0.246. The Morgan fingerprint density at radius 1 is 1.03 bits per heavy atom. The van der Waals surface area contributed by atoms with Crippen LogP contribution in [0, 0.1) is 0 Å². The van der Waals surface area contributed by atoms with Crippen LogP contribution in [0.15, 0.2) is 60.0 Å². The Morgan fingerprint density at radius 3 is 2.69 bits per heavy atom. The summed E-state index contributed by atoms with van der Waals surface area (Å²) in [6, 6.07) is 8.83. The summed E-state index contributed by atoms with van der Waals surface area (Å²) < 4.78 is 3.22. The number of pyridine rings is 1. The van der Waals surface area contributed by atoms with Crippen molar-refractivity contribution < 1.29 is 4.79 Å². The Morgan fingerprint density at radius 2 is 1.86 bits per heavy atom. The molecular weight excluding hydrogens is 372 g/mol. The SMILES string of the molecule is Cn1ncc2cc(C(=O)Nc3ccc(-n4ncc5c(=O)[nH]cnc54)cc3)cnc21. The molecule has 5 rings (SSSR count). The van der Waals surface area contributed by atoms with Gasteiger partial charge in [-0.3, -0.25) is 14.3 Å². The number of fused-ring (bicyclic) bond motifs is 2. The van der Waals surface area contributed by atoms with Crippen LogP contribution in [0.5, 0.6) is 0 Å². The van der Waals surface area contributed by atoms with Gasteiger partial charge < -0.3 is 10.3 Å². The van der Waals surface area contributed by atoms with E-state index in [1.807, 2.05) is 0 Å². The lowest BCUT2D eigenvalue weighted by molar-refractivity contribution is 0.102. The molecule has 0 unspecified atom stereocenters. The van der Waals surface area contributed by atoms with Gasteiger partial charge in [-0.05, 0) is 30.3 Å². The zero-order valence-corrected chi connectivity index (χ0v) is 15.2. The van der Waals surface area contributed by atoms with Gasteiger partial charge in [-0.2, -0.15) is 10.2 Å². The number of rotatable bonds is 3. The molecule has 4 heterocycles. The van der Waals surface area contributed by atoms with E-state index in [0.717, 1.165) is 11.1 Å². The van der Waals surface area contributed by atoms with Gasteiger partial charge >= 0.3 is 0 Å². The van der Waals surface area contributed by atoms with Gasteiger partial charge in [-0.15, -0.1) is 0 Å². The minimum Gasteiger partial charge on any atom is -0.322 e. The number of aromatic nitrogens is 7. The first kappa shape index (κ1) is 16.8. The molecule has 0 radical (unpaired) electrons. The summed E-state index contributed by atoms with van der Waals surface area (Å²) in [4.78, 5) is 35.3. The van der Waals surface area contributed by atoms with Gasteiger partial charge in [0, 0.05) is 24.3 Å². The molecule has 10 heteroatoms. The van der Waals surface area contributed by atoms with E-state index in [9.17, 15) is 9.59 Å². The van der Waals surface area contributed by atoms with Crippen LogP contribution in [0.3, 0.4) is 0 Å². The van der Waals surface area contributed by atoms with Crippen molar-refractivity contribution in [1.29, 1.82) is 0 Å². The molecule has 142 valence electrons. The largest absolute Gasteiger partial charge is 0.322 e. The lowest BCUT2D eigenvalue weighted by atomic mass is 10.2. The zero-order valence-electron chi connectivity index (χ0n) is 15.2. The summed E-state index contributed by atoms with van der Waals surface area (Å²) in [7, 11) is 1.80. The highest BCUT2D eigenvalue weighted by atomic mass is 16.1. The van der Waals surface area contributed by atoms with E-state index in [4.69, 9.17) is 0 Å². The molecule has 5 aromatic rings. The maximum atomic E-state index is 12.5. The molecule has 0 spiro atoms. The molecule has 10 nitrogen and oxygen atoms in total. The van der Waals surface area contributed by atoms with Crippen molar-refractivity contribution in [3.8, 4) is 5.69 Å². The third-order valence-corrected chi connectivity index (χ3v) is 4.57. The lowest BCUT2D eigenvalue weighted by Crippen LogP contribution is -2.12. The molecule has 0 aliphatic rings. The quantitative estimate of drug-likeness (QED) is 0.486. The topological polar surface area (TPSA) is 123 Å². The van der Waals surface area contributed by atoms with Crippen LogP contribution in [0.1, 0.15) is 10.4 Å². The van der Waals surface area contributed by atoms with Crippen molar-refractivity contribution in [2.24, 2.45) is 7.05 Å². The summed E-state index contributed by atoms with van der Waals surface area (Å²) >= 11 is 0. The third kappa shape index (κ3) is 2.83. The predicted octanol–water partition coefficient (Wildman–Crippen LogP) is 1.64. The average Bonchev–Trinajstić information content (AvgIpc) is 3.33. The summed E-state index contributed by atoms with van der Waals surface area (Å²) in [6.07, 6.45) is 6.00. The van der Waals surface area contributed by atoms with Gasteiger partial charge in [0.1, 0.15) is 5.39 Å². The van der Waals surface area contributed by atoms with Gasteiger partial charge in [0.05, 0.1) is 30.0 Å². The van der Waals surface area contributed by atoms with Crippen LogP contribution in [-0.4, -0.2) is 40.4 Å². The average molecular weight is 386 g/mol. The van der Waals surface area contributed by atoms with Gasteiger partial charge in [-0.1, -0.05) is 0 Å². The fourth-order valence-electron chi connectivity index (χ4n) is 3.10. The maximum absolute atomic E-state index is 12.5. The van der Waals surface area contributed by atoms with Crippen molar-refractivity contribution in [3.63, 3.8) is 0 Å². The van der Waals surface area contributed by atoms with Crippen molar-refractivity contribution >= 4 is 33.7 Å². The predicted molar refractivity (Wildman–Crippen MR) is 106 cm³/mol. The van der Waals surface area contributed by atoms with E-state index in [-0.39, 0.29) is 11.5 Å². The standard InChI is InChI=1S/C19H14N8O2/c1-26-16-11(8-23-26)6-12(7-20-16)18(28)25-13-2-4-14(5-3-13)27-17-15(9-24-27)19(29)22-10-21-17/h2-10H,1H3,(H,25,28)(H,21,22,29). The number of nitrogens with zero attached hydrogens (tertiary/aromatic N) is 6. The van der Waals surface area contributed by atoms with Crippen molar-refractivity contribution in [2.45, 2.75) is 0 Å². The molecular formula is C19H14N8O2. The number of benzene rings is 1. The molecule has 0 saturated heterocycles. The van der Waals surface area contributed by atoms with Gasteiger partial charge in [0.25, 0.3) is 11.5 Å². The summed E-state index contributed by atoms with van der Waals surface area (Å²) in [5, 5.41) is 12.4. The first-order valence-corrected chi connectivity index (χ1v) is 8.71. The number of H-pyrrole nitrogens is 1. The van der Waals surface area contributed by atoms with E-state index in [0.29, 0.717) is 27.9 Å². The Labute approximate surface area is 162 Å². The van der Waals surface area contributed by atoms with E-state index in [2.05, 4.69) is 30.5 Å². The van der Waals surface area contributed by atoms with Gasteiger partial charge in [0.15, 0.2) is 11.3 Å². The number of nitrogens with one attached hydrogen (secondary N) is 2. The Bertz CT molecular complexity index is 1430. The van der Waals surface area contributed by atoms with Crippen LogP contribution in [0.25, 0.3) is 27.8 Å². The second kappa shape index (κ2) is 6.37. The monoisotopic (exact) mass is 386 g/mol. The minimum atomic E-state index is -0.270. The number of hydrogen-bond acceptors (Lipinski definition) is 6. The first-order valence-electron chi connectivity index (χ1n) is 8.71. The van der Waals surface area contributed by atoms with Gasteiger partial charge in [0.2, 0.25) is 0 Å². The molecule has 0 fully saturated rings. The van der Waals surface area contributed by atoms with Crippen LogP contribution in [0.4, 0.5) is 5.69 Å². The number of carbonyl (C=O) groups is 1. The van der Waals surface area contributed by atoms with Crippen LogP contribution >= 0.6 is 0 Å². The zero-order chi connectivity index (χ0) is 20.0. The number of aromatic amines is 1. The maximum Gasteiger partial charge on any atom is 0.261 e. The Hall–Kier alpha value is -4.34. The number of anilines is 1. The normalized spacial score (nSPS) is 11.2. The van der Waals surface area contributed by atoms with Crippen molar-refractivity contribution in [2.75, 3.05) is 5.32 Å². The molecule has 0 bridgehead atoms. The van der Waals surface area contributed by atoms with E-state index in [1.54, 1.807) is 52.9 Å². The lowest BCUT2D eigenvalue weighted by Gasteiger charge is -2.07. The highest BCUT2D eigenvalue weighted by Gasteiger charge is 2.11. The van der Waals surface area contributed by atoms with E-state index in [1.165, 1.54) is 18.7 Å². The molecule has 0 aliphatic heterocycles. The summed E-state index contributed by atoms with van der Waals surface area (Å²) in [5.74, 6) is -0.270. The second-order valence-electron chi connectivity index (χ2n) is 6.43. The first-order chi connectivity index (χ1) is 14.1. The van der Waals surface area contributed by atoms with Crippen LogP contribution in [0.2, 0.25) is 0 Å². The smallest absolute Gasteiger partial charge is 0.261 e. The van der Waals surface area contributed by atoms with Gasteiger partial charge in [-0.25, -0.2) is 14.6 Å². The highest BCUT2D eigenvalue weighted by Crippen LogP contribution is 2.18. The second-order valence-corrected chi connectivity index (χ2v) is 6.43. The molecule has 0 saturated carbocycles. The molecule has 1 aromatic carbocycles. The van der Waals surface area contributed by atoms with Crippen molar-refractivity contribution in [1.82, 2.24) is 34.5 Å². The van der Waals surface area contributed by atoms with Crippen LogP contribution < -0.4 is 10.9 Å². The molecule has 1 amide bonds. The summed E-state index contributed by atoms with van der Waals surface area (Å²) in [6.45, 7) is 0. The fourth-order valence-corrected chi connectivity index (χ4v) is 3.10. The Balaban J connectivity index is 1.40. The third-order valence-electron chi connectivity index (χ3n) is 4.57. The summed E-state index contributed by atoms with van der Waals surface area (Å²) in [5.41, 5.74) is 2.70. The number of amides is 1. The molecule has 2 N–H and O–H groups in total. The molecule has 4 aromatic heterocycles.